The summed E-state index contributed by atoms with van der Waals surface area (Å²) < 4.78 is 5.20. The summed E-state index contributed by atoms with van der Waals surface area (Å²) in [7, 11) is 0. The minimum Gasteiger partial charge on any atom is -0.387 e. The monoisotopic (exact) mass is 144 g/mol. The zero-order valence-corrected chi connectivity index (χ0v) is 6.76. The van der Waals surface area contributed by atoms with Gasteiger partial charge in [-0.25, -0.2) is 0 Å². The molecule has 1 N–H and O–H groups in total. The van der Waals surface area contributed by atoms with Gasteiger partial charge >= 0.3 is 0 Å². The first-order valence-electron chi connectivity index (χ1n) is 4.03. The molecular formula is C8H16O2. The third-order valence-electron chi connectivity index (χ3n) is 2.54. The van der Waals surface area contributed by atoms with Gasteiger partial charge in [0.1, 0.15) is 0 Å². The molecular weight excluding hydrogens is 128 g/mol. The second-order valence-corrected chi connectivity index (χ2v) is 3.08. The first-order chi connectivity index (χ1) is 4.73. The predicted octanol–water partition coefficient (Wildman–Crippen LogP) is 1.18. The van der Waals surface area contributed by atoms with E-state index in [0.29, 0.717) is 12.5 Å². The highest BCUT2D eigenvalue weighted by molar-refractivity contribution is 4.88. The molecule has 1 saturated heterocycles. The molecule has 0 aliphatic carbocycles. The molecule has 1 fully saturated rings. The van der Waals surface area contributed by atoms with Gasteiger partial charge < -0.3 is 9.84 Å². The van der Waals surface area contributed by atoms with E-state index in [0.717, 1.165) is 19.4 Å². The molecule has 2 atom stereocenters. The highest BCUT2D eigenvalue weighted by atomic mass is 16.5. The van der Waals surface area contributed by atoms with Crippen LogP contribution in [0.1, 0.15) is 26.7 Å². The van der Waals surface area contributed by atoms with Crippen molar-refractivity contribution in [1.29, 1.82) is 0 Å². The van der Waals surface area contributed by atoms with Crippen LogP contribution < -0.4 is 0 Å². The van der Waals surface area contributed by atoms with Crippen LogP contribution in [0.2, 0.25) is 0 Å². The van der Waals surface area contributed by atoms with Crippen LogP contribution in [0.15, 0.2) is 0 Å². The van der Waals surface area contributed by atoms with Gasteiger partial charge in [-0.2, -0.15) is 0 Å². The van der Waals surface area contributed by atoms with Gasteiger partial charge in [-0.05, 0) is 12.8 Å². The molecule has 0 radical (unpaired) electrons. The maximum atomic E-state index is 9.83. The molecule has 0 bridgehead atoms. The first kappa shape index (κ1) is 8.02. The van der Waals surface area contributed by atoms with Crippen LogP contribution >= 0.6 is 0 Å². The lowest BCUT2D eigenvalue weighted by Gasteiger charge is -2.25. The van der Waals surface area contributed by atoms with Crippen molar-refractivity contribution in [3.63, 3.8) is 0 Å². The number of ether oxygens (including phenoxy) is 1. The van der Waals surface area contributed by atoms with Gasteiger partial charge in [-0.3, -0.25) is 0 Å². The molecule has 0 amide bonds. The summed E-state index contributed by atoms with van der Waals surface area (Å²) in [6.07, 6.45) is 1.83. The van der Waals surface area contributed by atoms with Crippen molar-refractivity contribution < 1.29 is 9.84 Å². The second kappa shape index (κ2) is 2.89. The minimum atomic E-state index is -0.519. The summed E-state index contributed by atoms with van der Waals surface area (Å²) in [5.41, 5.74) is -0.519. The summed E-state index contributed by atoms with van der Waals surface area (Å²) >= 11 is 0. The van der Waals surface area contributed by atoms with Gasteiger partial charge in [0.05, 0.1) is 18.8 Å². The SMILES string of the molecule is CCC1COCC1(O)CC. The minimum absolute atomic E-state index is 0.359. The molecule has 1 heterocycles. The fourth-order valence-electron chi connectivity index (χ4n) is 1.54. The van der Waals surface area contributed by atoms with Gasteiger partial charge in [-0.15, -0.1) is 0 Å². The lowest BCUT2D eigenvalue weighted by molar-refractivity contribution is -0.00321. The van der Waals surface area contributed by atoms with Crippen molar-refractivity contribution >= 4 is 0 Å². The smallest absolute Gasteiger partial charge is 0.0927 e. The summed E-state index contributed by atoms with van der Waals surface area (Å²) in [6, 6.07) is 0. The Morgan fingerprint density at radius 3 is 2.70 bits per heavy atom. The Morgan fingerprint density at radius 2 is 2.30 bits per heavy atom. The maximum absolute atomic E-state index is 9.83. The van der Waals surface area contributed by atoms with Crippen molar-refractivity contribution in [2.24, 2.45) is 5.92 Å². The zero-order valence-electron chi connectivity index (χ0n) is 6.76. The third-order valence-corrected chi connectivity index (χ3v) is 2.54. The van der Waals surface area contributed by atoms with Crippen molar-refractivity contribution in [3.05, 3.63) is 0 Å². The molecule has 0 saturated carbocycles. The van der Waals surface area contributed by atoms with Crippen LogP contribution in [0, 0.1) is 5.92 Å². The van der Waals surface area contributed by atoms with Gasteiger partial charge in [0.25, 0.3) is 0 Å². The maximum Gasteiger partial charge on any atom is 0.0927 e. The number of rotatable bonds is 2. The van der Waals surface area contributed by atoms with E-state index in [-0.39, 0.29) is 0 Å². The Bertz CT molecular complexity index is 114. The van der Waals surface area contributed by atoms with Crippen LogP contribution in [0.5, 0.6) is 0 Å². The first-order valence-corrected chi connectivity index (χ1v) is 4.03. The lowest BCUT2D eigenvalue weighted by Crippen LogP contribution is -2.35. The summed E-state index contributed by atoms with van der Waals surface area (Å²) in [4.78, 5) is 0. The van der Waals surface area contributed by atoms with E-state index in [4.69, 9.17) is 4.74 Å². The number of hydrogen-bond acceptors (Lipinski definition) is 2. The second-order valence-electron chi connectivity index (χ2n) is 3.08. The standard InChI is InChI=1S/C8H16O2/c1-3-7-5-10-6-8(7,9)4-2/h7,9H,3-6H2,1-2H3. The molecule has 2 nitrogen and oxygen atoms in total. The molecule has 1 rings (SSSR count). The van der Waals surface area contributed by atoms with Crippen molar-refractivity contribution in [1.82, 2.24) is 0 Å². The largest absolute Gasteiger partial charge is 0.387 e. The summed E-state index contributed by atoms with van der Waals surface area (Å²) in [6.45, 7) is 5.38. The highest BCUT2D eigenvalue weighted by Gasteiger charge is 2.39. The Balaban J connectivity index is 2.56. The Kier molecular flexibility index (Phi) is 2.32. The van der Waals surface area contributed by atoms with Crippen molar-refractivity contribution in [3.8, 4) is 0 Å². The van der Waals surface area contributed by atoms with Gasteiger partial charge in [0.15, 0.2) is 0 Å². The predicted molar refractivity (Wildman–Crippen MR) is 39.8 cm³/mol. The molecule has 0 spiro atoms. The fraction of sp³-hybridized carbons (Fsp3) is 1.00. The van der Waals surface area contributed by atoms with Crippen LogP contribution in [0.3, 0.4) is 0 Å². The molecule has 2 heteroatoms. The zero-order chi connectivity index (χ0) is 7.61. The van der Waals surface area contributed by atoms with E-state index in [9.17, 15) is 5.11 Å². The normalized spacial score (nSPS) is 40.5. The molecule has 60 valence electrons. The lowest BCUT2D eigenvalue weighted by atomic mass is 9.87. The quantitative estimate of drug-likeness (QED) is 0.630. The molecule has 0 aromatic carbocycles. The van der Waals surface area contributed by atoms with Crippen LogP contribution in [-0.4, -0.2) is 23.9 Å². The van der Waals surface area contributed by atoms with E-state index in [2.05, 4.69) is 6.92 Å². The van der Waals surface area contributed by atoms with Gasteiger partial charge in [0.2, 0.25) is 0 Å². The average molecular weight is 144 g/mol. The van der Waals surface area contributed by atoms with E-state index in [1.807, 2.05) is 6.92 Å². The van der Waals surface area contributed by atoms with Crippen LogP contribution in [0.25, 0.3) is 0 Å². The number of aliphatic hydroxyl groups is 1. The molecule has 1 aliphatic rings. The molecule has 10 heavy (non-hydrogen) atoms. The summed E-state index contributed by atoms with van der Waals surface area (Å²) in [5.74, 6) is 0.359. The molecule has 0 aromatic heterocycles. The molecule has 2 unspecified atom stereocenters. The Hall–Kier alpha value is -0.0800. The molecule has 0 aromatic rings. The average Bonchev–Trinajstić information content (AvgIpc) is 2.32. The Labute approximate surface area is 62.2 Å². The topological polar surface area (TPSA) is 29.5 Å². The highest BCUT2D eigenvalue weighted by Crippen LogP contribution is 2.30. The van der Waals surface area contributed by atoms with E-state index in [1.54, 1.807) is 0 Å². The summed E-state index contributed by atoms with van der Waals surface area (Å²) in [5, 5.41) is 9.83. The van der Waals surface area contributed by atoms with E-state index < -0.39 is 5.60 Å². The third kappa shape index (κ3) is 1.18. The van der Waals surface area contributed by atoms with Crippen molar-refractivity contribution in [2.75, 3.05) is 13.2 Å². The number of hydrogen-bond donors (Lipinski definition) is 1. The van der Waals surface area contributed by atoms with Gasteiger partial charge in [-0.1, -0.05) is 13.8 Å². The van der Waals surface area contributed by atoms with Crippen LogP contribution in [0.4, 0.5) is 0 Å². The Morgan fingerprint density at radius 1 is 1.60 bits per heavy atom. The van der Waals surface area contributed by atoms with E-state index >= 15 is 0 Å². The van der Waals surface area contributed by atoms with Crippen LogP contribution in [-0.2, 0) is 4.74 Å². The molecule has 1 aliphatic heterocycles. The fourth-order valence-corrected chi connectivity index (χ4v) is 1.54. The van der Waals surface area contributed by atoms with E-state index in [1.165, 1.54) is 0 Å². The van der Waals surface area contributed by atoms with Crippen molar-refractivity contribution in [2.45, 2.75) is 32.3 Å². The van der Waals surface area contributed by atoms with Gasteiger partial charge in [0, 0.05) is 5.92 Å².